The van der Waals surface area contributed by atoms with Gasteiger partial charge in [0.15, 0.2) is 0 Å². The number of carbonyl (C=O) groups is 1. The zero-order valence-electron chi connectivity index (χ0n) is 5.79. The minimum atomic E-state index is -0.662. The van der Waals surface area contributed by atoms with Gasteiger partial charge < -0.3 is 10.4 Å². The van der Waals surface area contributed by atoms with Crippen molar-refractivity contribution in [1.82, 2.24) is 0 Å². The van der Waals surface area contributed by atoms with Crippen LogP contribution >= 0.6 is 0 Å². The van der Waals surface area contributed by atoms with Gasteiger partial charge in [0.2, 0.25) is 0 Å². The van der Waals surface area contributed by atoms with Crippen molar-refractivity contribution >= 4 is 5.97 Å². The first-order valence-corrected chi connectivity index (χ1v) is 3.17. The predicted octanol–water partition coefficient (Wildman–Crippen LogP) is 0.852. The number of hydrogen-bond acceptors (Lipinski definition) is 1. The van der Waals surface area contributed by atoms with Gasteiger partial charge in [0.05, 0.1) is 5.92 Å². The molecular formula is C6H10NO2Y+2. The quantitative estimate of drug-likeness (QED) is 0.707. The molecule has 0 aromatic rings. The molecule has 0 radical (unpaired) electrons. The van der Waals surface area contributed by atoms with Crippen molar-refractivity contribution in [2.24, 2.45) is 5.92 Å². The topological polar surface area (TPSA) is 51.4 Å². The molecule has 0 saturated carbocycles. The average Bonchev–Trinajstić information content (AvgIpc) is 1.90. The van der Waals surface area contributed by atoms with E-state index in [1.54, 1.807) is 0 Å². The Kier molecular flexibility index (Phi) is 5.50. The summed E-state index contributed by atoms with van der Waals surface area (Å²) in [5.74, 6) is -0.785. The van der Waals surface area contributed by atoms with Gasteiger partial charge in [-0.25, -0.2) is 0 Å². The van der Waals surface area contributed by atoms with Crippen molar-refractivity contribution in [2.45, 2.75) is 12.8 Å². The first kappa shape index (κ1) is 10.5. The molecule has 1 saturated heterocycles. The second-order valence-electron chi connectivity index (χ2n) is 2.28. The van der Waals surface area contributed by atoms with E-state index in [-0.39, 0.29) is 38.6 Å². The monoisotopic (exact) mass is 217 g/mol. The van der Waals surface area contributed by atoms with E-state index in [1.807, 2.05) is 0 Å². The molecule has 1 aliphatic rings. The molecule has 1 rings (SSSR count). The number of rotatable bonds is 1. The summed E-state index contributed by atoms with van der Waals surface area (Å²) in [6, 6.07) is 0. The smallest absolute Gasteiger partial charge is 0.662 e. The van der Waals surface area contributed by atoms with Gasteiger partial charge in [-0.2, -0.15) is 0 Å². The molecule has 0 aliphatic carbocycles. The van der Waals surface area contributed by atoms with Crippen LogP contribution in [0.4, 0.5) is 0 Å². The molecule has 0 spiro atoms. The largest absolute Gasteiger partial charge is 3.00 e. The Morgan fingerprint density at radius 1 is 1.40 bits per heavy atom. The van der Waals surface area contributed by atoms with E-state index in [1.165, 1.54) is 0 Å². The minimum absolute atomic E-state index is 0. The van der Waals surface area contributed by atoms with Gasteiger partial charge in [0, 0.05) is 0 Å². The maximum Gasteiger partial charge on any atom is 3.00 e. The number of carboxylic acids is 1. The van der Waals surface area contributed by atoms with Crippen molar-refractivity contribution in [2.75, 3.05) is 13.1 Å². The van der Waals surface area contributed by atoms with Crippen LogP contribution in [0.5, 0.6) is 0 Å². The van der Waals surface area contributed by atoms with Crippen LogP contribution in [0.2, 0.25) is 0 Å². The zero-order valence-corrected chi connectivity index (χ0v) is 8.62. The summed E-state index contributed by atoms with van der Waals surface area (Å²) in [5.41, 5.74) is 0. The van der Waals surface area contributed by atoms with Crippen molar-refractivity contribution in [3.8, 4) is 0 Å². The van der Waals surface area contributed by atoms with E-state index in [0.717, 1.165) is 25.9 Å². The minimum Gasteiger partial charge on any atom is -0.662 e. The zero-order chi connectivity index (χ0) is 6.69. The summed E-state index contributed by atoms with van der Waals surface area (Å²) < 4.78 is 0. The van der Waals surface area contributed by atoms with Gasteiger partial charge in [0.1, 0.15) is 0 Å². The average molecular weight is 217 g/mol. The summed E-state index contributed by atoms with van der Waals surface area (Å²) in [6.07, 6.45) is 1.46. The fourth-order valence-corrected chi connectivity index (χ4v) is 0.997. The molecule has 1 fully saturated rings. The van der Waals surface area contributed by atoms with Crippen molar-refractivity contribution < 1.29 is 42.6 Å². The molecule has 0 atom stereocenters. The molecule has 52 valence electrons. The Balaban J connectivity index is 0.000000810. The summed E-state index contributed by atoms with van der Waals surface area (Å²) in [4.78, 5) is 10.3. The number of piperidine rings is 1. The van der Waals surface area contributed by atoms with Crippen LogP contribution < -0.4 is 0 Å². The Labute approximate surface area is 85.4 Å². The van der Waals surface area contributed by atoms with Crippen LogP contribution in [0.25, 0.3) is 5.32 Å². The molecule has 4 heteroatoms. The van der Waals surface area contributed by atoms with Crippen LogP contribution in [0, 0.1) is 5.92 Å². The normalized spacial score (nSPS) is 19.6. The van der Waals surface area contributed by atoms with Crippen LogP contribution in [-0.4, -0.2) is 24.2 Å². The third-order valence-corrected chi connectivity index (χ3v) is 1.62. The molecule has 3 nitrogen and oxygen atoms in total. The second kappa shape index (κ2) is 5.22. The fraction of sp³-hybridized carbons (Fsp3) is 0.833. The third-order valence-electron chi connectivity index (χ3n) is 1.62. The fourth-order valence-electron chi connectivity index (χ4n) is 0.997. The van der Waals surface area contributed by atoms with E-state index in [9.17, 15) is 4.79 Å². The van der Waals surface area contributed by atoms with Crippen molar-refractivity contribution in [3.63, 3.8) is 0 Å². The molecule has 0 amide bonds. The van der Waals surface area contributed by atoms with Crippen molar-refractivity contribution in [1.29, 1.82) is 0 Å². The molecule has 0 aromatic heterocycles. The standard InChI is InChI=1S/C6H10NO2.Y/c8-6(9)5-1-3-7-4-2-5;/h5H,1-4H2,(H,8,9);/q-1;+3. The summed E-state index contributed by atoms with van der Waals surface area (Å²) in [6.45, 7) is 1.47. The maximum absolute atomic E-state index is 10.3. The summed E-state index contributed by atoms with van der Waals surface area (Å²) in [5, 5.41) is 12.5. The van der Waals surface area contributed by atoms with E-state index >= 15 is 0 Å². The van der Waals surface area contributed by atoms with Gasteiger partial charge in [0.25, 0.3) is 0 Å². The van der Waals surface area contributed by atoms with Gasteiger partial charge in [-0.15, -0.1) is 13.1 Å². The predicted molar refractivity (Wildman–Crippen MR) is 33.5 cm³/mol. The van der Waals surface area contributed by atoms with E-state index in [4.69, 9.17) is 5.11 Å². The van der Waals surface area contributed by atoms with E-state index in [2.05, 4.69) is 5.32 Å². The van der Waals surface area contributed by atoms with Gasteiger partial charge in [-0.05, 0) is 0 Å². The van der Waals surface area contributed by atoms with Crippen LogP contribution in [-0.2, 0) is 37.5 Å². The number of hydrogen-bond donors (Lipinski definition) is 1. The van der Waals surface area contributed by atoms with Gasteiger partial charge in [-0.3, -0.25) is 4.79 Å². The molecule has 10 heavy (non-hydrogen) atoms. The molecule has 1 heterocycles. The maximum atomic E-state index is 10.3. The van der Waals surface area contributed by atoms with Crippen LogP contribution in [0.15, 0.2) is 0 Å². The first-order chi connectivity index (χ1) is 4.30. The summed E-state index contributed by atoms with van der Waals surface area (Å²) >= 11 is 0. The molecule has 0 unspecified atom stereocenters. The SMILES string of the molecule is O=C(O)C1CC[N-]CC1.[Y+3]. The number of nitrogens with zero attached hydrogens (tertiary/aromatic N) is 1. The first-order valence-electron chi connectivity index (χ1n) is 3.17. The van der Waals surface area contributed by atoms with Gasteiger partial charge >= 0.3 is 38.7 Å². The van der Waals surface area contributed by atoms with E-state index in [0.29, 0.717) is 0 Å². The Hall–Kier alpha value is 0.534. The number of aliphatic carboxylic acids is 1. The summed E-state index contributed by atoms with van der Waals surface area (Å²) in [7, 11) is 0. The molecule has 0 bridgehead atoms. The Morgan fingerprint density at radius 2 is 1.90 bits per heavy atom. The number of carboxylic acid groups (broad SMARTS) is 1. The van der Waals surface area contributed by atoms with E-state index < -0.39 is 5.97 Å². The molecule has 0 aromatic carbocycles. The molecule has 1 aliphatic heterocycles. The second-order valence-corrected chi connectivity index (χ2v) is 2.28. The van der Waals surface area contributed by atoms with Crippen LogP contribution in [0.3, 0.4) is 0 Å². The van der Waals surface area contributed by atoms with Gasteiger partial charge in [-0.1, -0.05) is 12.8 Å². The van der Waals surface area contributed by atoms with Crippen LogP contribution in [0.1, 0.15) is 12.8 Å². The molecule has 1 N–H and O–H groups in total. The molecular weight excluding hydrogens is 207 g/mol. The Morgan fingerprint density at radius 3 is 2.20 bits per heavy atom. The Bertz CT molecular complexity index is 112. The third kappa shape index (κ3) is 3.08. The van der Waals surface area contributed by atoms with Crippen molar-refractivity contribution in [3.05, 3.63) is 5.32 Å².